The molecule has 0 saturated heterocycles. The fraction of sp³-hybridized carbons (Fsp3) is 0.474. The molecule has 1 aromatic heterocycles. The molecular formula is C19H22ClNO2S. The van der Waals surface area contributed by atoms with E-state index in [0.717, 1.165) is 32.4 Å². The molecule has 2 aromatic rings. The molecule has 0 amide bonds. The molecular weight excluding hydrogens is 342 g/mol. The second-order valence-electron chi connectivity index (χ2n) is 6.81. The molecule has 5 heteroatoms. The van der Waals surface area contributed by atoms with Crippen molar-refractivity contribution in [3.8, 4) is 11.5 Å². The van der Waals surface area contributed by atoms with Crippen LogP contribution in [0.4, 0.5) is 0 Å². The molecule has 4 rings (SSSR count). The van der Waals surface area contributed by atoms with Crippen LogP contribution in [0.15, 0.2) is 18.2 Å². The highest BCUT2D eigenvalue weighted by Gasteiger charge is 2.34. The lowest BCUT2D eigenvalue weighted by atomic mass is 9.86. The number of phenols is 1. The quantitative estimate of drug-likeness (QED) is 0.826. The standard InChI is InChI=1S/C19H22ClNO2S/c1-11(20)5-14-6-13-10-21-4-3-12-7-18(23-2)17(22)8-15(12)16(21)9-19(13)24-14/h6-8,11,16,22H,3-5,9-10H2,1-2H3. The Balaban J connectivity index is 1.67. The predicted molar refractivity (Wildman–Crippen MR) is 98.6 cm³/mol. The Labute approximate surface area is 151 Å². The molecule has 2 aliphatic heterocycles. The van der Waals surface area contributed by atoms with Gasteiger partial charge in [0.1, 0.15) is 0 Å². The van der Waals surface area contributed by atoms with Crippen molar-refractivity contribution in [3.63, 3.8) is 0 Å². The van der Waals surface area contributed by atoms with Crippen LogP contribution >= 0.6 is 22.9 Å². The van der Waals surface area contributed by atoms with Gasteiger partial charge in [-0.25, -0.2) is 0 Å². The number of methoxy groups -OCH3 is 1. The highest BCUT2D eigenvalue weighted by atomic mass is 35.5. The topological polar surface area (TPSA) is 32.7 Å². The number of ether oxygens (including phenoxy) is 1. The number of nitrogens with zero attached hydrogens (tertiary/aromatic N) is 1. The monoisotopic (exact) mass is 363 g/mol. The molecule has 128 valence electrons. The van der Waals surface area contributed by atoms with Gasteiger partial charge < -0.3 is 9.84 Å². The average molecular weight is 364 g/mol. The average Bonchev–Trinajstić information content (AvgIpc) is 2.92. The second-order valence-corrected chi connectivity index (χ2v) is 8.78. The maximum Gasteiger partial charge on any atom is 0.160 e. The molecule has 2 atom stereocenters. The van der Waals surface area contributed by atoms with Crippen molar-refractivity contribution in [2.75, 3.05) is 13.7 Å². The van der Waals surface area contributed by atoms with Crippen molar-refractivity contribution >= 4 is 22.9 Å². The normalized spacial score (nSPS) is 20.9. The number of thiophene rings is 1. The van der Waals surface area contributed by atoms with Crippen molar-refractivity contribution < 1.29 is 9.84 Å². The molecule has 0 fully saturated rings. The summed E-state index contributed by atoms with van der Waals surface area (Å²) in [4.78, 5) is 5.41. The smallest absolute Gasteiger partial charge is 0.160 e. The van der Waals surface area contributed by atoms with Crippen molar-refractivity contribution in [2.24, 2.45) is 0 Å². The Hall–Kier alpha value is -1.23. The van der Waals surface area contributed by atoms with E-state index in [2.05, 4.69) is 17.9 Å². The predicted octanol–water partition coefficient (Wildman–Crippen LogP) is 4.29. The van der Waals surface area contributed by atoms with Crippen LogP contribution in [0.25, 0.3) is 0 Å². The number of hydrogen-bond donors (Lipinski definition) is 1. The molecule has 3 nitrogen and oxygen atoms in total. The van der Waals surface area contributed by atoms with Gasteiger partial charge in [0, 0.05) is 40.7 Å². The number of benzene rings is 1. The summed E-state index contributed by atoms with van der Waals surface area (Å²) in [6.07, 6.45) is 2.97. The summed E-state index contributed by atoms with van der Waals surface area (Å²) in [5, 5.41) is 10.4. The molecule has 1 N–H and O–H groups in total. The van der Waals surface area contributed by atoms with E-state index >= 15 is 0 Å². The van der Waals surface area contributed by atoms with Gasteiger partial charge in [0.15, 0.2) is 11.5 Å². The minimum absolute atomic E-state index is 0.179. The van der Waals surface area contributed by atoms with Gasteiger partial charge in [-0.2, -0.15) is 0 Å². The van der Waals surface area contributed by atoms with E-state index in [1.54, 1.807) is 7.11 Å². The summed E-state index contributed by atoms with van der Waals surface area (Å²) in [5.41, 5.74) is 4.02. The summed E-state index contributed by atoms with van der Waals surface area (Å²) in [5.74, 6) is 0.819. The van der Waals surface area contributed by atoms with Crippen molar-refractivity contribution in [3.05, 3.63) is 44.6 Å². The highest BCUT2D eigenvalue weighted by Crippen LogP contribution is 2.43. The molecule has 2 aliphatic rings. The molecule has 24 heavy (non-hydrogen) atoms. The van der Waals surface area contributed by atoms with Gasteiger partial charge in [-0.1, -0.05) is 0 Å². The first kappa shape index (κ1) is 16.2. The first-order chi connectivity index (χ1) is 11.5. The number of hydrogen-bond acceptors (Lipinski definition) is 4. The Morgan fingerprint density at radius 1 is 1.38 bits per heavy atom. The van der Waals surface area contributed by atoms with Crippen molar-refractivity contribution in [1.29, 1.82) is 0 Å². The third kappa shape index (κ3) is 2.81. The first-order valence-corrected chi connectivity index (χ1v) is 9.68. The van der Waals surface area contributed by atoms with Crippen LogP contribution in [0.3, 0.4) is 0 Å². The zero-order valence-electron chi connectivity index (χ0n) is 14.0. The minimum atomic E-state index is 0.179. The molecule has 3 heterocycles. The summed E-state index contributed by atoms with van der Waals surface area (Å²) in [7, 11) is 1.61. The lowest BCUT2D eigenvalue weighted by molar-refractivity contribution is 0.162. The van der Waals surface area contributed by atoms with E-state index in [1.165, 1.54) is 26.4 Å². The summed E-state index contributed by atoms with van der Waals surface area (Å²) < 4.78 is 5.27. The van der Waals surface area contributed by atoms with Crippen LogP contribution in [0.2, 0.25) is 0 Å². The number of phenolic OH excluding ortho intramolecular Hbond substituents is 1. The SMILES string of the molecule is COc1cc2c(cc1O)C1Cc3sc(CC(C)Cl)cc3CN1CC2. The summed E-state index contributed by atoms with van der Waals surface area (Å²) in [6.45, 7) is 4.11. The fourth-order valence-electron chi connectivity index (χ4n) is 3.97. The maximum atomic E-state index is 10.2. The van der Waals surface area contributed by atoms with Crippen LogP contribution in [0, 0.1) is 0 Å². The van der Waals surface area contributed by atoms with Gasteiger partial charge in [0.25, 0.3) is 0 Å². The third-order valence-corrected chi connectivity index (χ3v) is 6.47. The van der Waals surface area contributed by atoms with Gasteiger partial charge in [-0.05, 0) is 54.7 Å². The van der Waals surface area contributed by atoms with E-state index < -0.39 is 0 Å². The zero-order valence-corrected chi connectivity index (χ0v) is 15.6. The number of fused-ring (bicyclic) bond motifs is 4. The molecule has 0 aliphatic carbocycles. The van der Waals surface area contributed by atoms with Gasteiger partial charge in [0.2, 0.25) is 0 Å². The molecule has 1 aromatic carbocycles. The van der Waals surface area contributed by atoms with Crippen LogP contribution in [0.1, 0.15) is 39.4 Å². The van der Waals surface area contributed by atoms with E-state index in [9.17, 15) is 5.11 Å². The Morgan fingerprint density at radius 2 is 2.21 bits per heavy atom. The van der Waals surface area contributed by atoms with Crippen LogP contribution in [0.5, 0.6) is 11.5 Å². The fourth-order valence-corrected chi connectivity index (χ4v) is 5.57. The van der Waals surface area contributed by atoms with E-state index in [0.29, 0.717) is 11.8 Å². The Kier molecular flexibility index (Phi) is 4.23. The van der Waals surface area contributed by atoms with E-state index in [-0.39, 0.29) is 11.1 Å². The number of aromatic hydroxyl groups is 1. The first-order valence-electron chi connectivity index (χ1n) is 8.43. The molecule has 0 radical (unpaired) electrons. The molecule has 0 spiro atoms. The van der Waals surface area contributed by atoms with E-state index in [4.69, 9.17) is 16.3 Å². The van der Waals surface area contributed by atoms with Crippen LogP contribution < -0.4 is 4.74 Å². The Morgan fingerprint density at radius 3 is 2.96 bits per heavy atom. The van der Waals surface area contributed by atoms with Gasteiger partial charge in [0.05, 0.1) is 7.11 Å². The van der Waals surface area contributed by atoms with Gasteiger partial charge in [-0.3, -0.25) is 4.90 Å². The largest absolute Gasteiger partial charge is 0.504 e. The van der Waals surface area contributed by atoms with Crippen molar-refractivity contribution in [1.82, 2.24) is 4.90 Å². The minimum Gasteiger partial charge on any atom is -0.504 e. The summed E-state index contributed by atoms with van der Waals surface area (Å²) >= 11 is 8.07. The molecule has 0 bridgehead atoms. The Bertz CT molecular complexity index is 771. The second kappa shape index (κ2) is 6.25. The van der Waals surface area contributed by atoms with Crippen molar-refractivity contribution in [2.45, 2.75) is 44.1 Å². The van der Waals surface area contributed by atoms with Gasteiger partial charge in [-0.15, -0.1) is 22.9 Å². The van der Waals surface area contributed by atoms with Crippen LogP contribution in [-0.2, 0) is 25.8 Å². The molecule has 2 unspecified atom stereocenters. The molecule has 0 saturated carbocycles. The third-order valence-electron chi connectivity index (χ3n) is 5.09. The number of alkyl halides is 1. The van der Waals surface area contributed by atoms with Gasteiger partial charge >= 0.3 is 0 Å². The zero-order chi connectivity index (χ0) is 16.8. The lowest BCUT2D eigenvalue weighted by Gasteiger charge is -2.40. The van der Waals surface area contributed by atoms with Crippen LogP contribution in [-0.4, -0.2) is 29.0 Å². The number of halogens is 1. The van der Waals surface area contributed by atoms with E-state index in [1.807, 2.05) is 23.5 Å². The maximum absolute atomic E-state index is 10.2. The highest BCUT2D eigenvalue weighted by molar-refractivity contribution is 7.12. The number of rotatable bonds is 3. The summed E-state index contributed by atoms with van der Waals surface area (Å²) in [6, 6.07) is 6.62. The lowest BCUT2D eigenvalue weighted by Crippen LogP contribution is -2.38.